The van der Waals surface area contributed by atoms with Crippen LogP contribution in [-0.2, 0) is 4.79 Å². The van der Waals surface area contributed by atoms with Crippen molar-refractivity contribution in [3.63, 3.8) is 0 Å². The van der Waals surface area contributed by atoms with Gasteiger partial charge in [0.25, 0.3) is 11.8 Å². The van der Waals surface area contributed by atoms with Crippen molar-refractivity contribution >= 4 is 29.3 Å². The summed E-state index contributed by atoms with van der Waals surface area (Å²) in [5.41, 5.74) is 2.69. The number of rotatable bonds is 6. The predicted molar refractivity (Wildman–Crippen MR) is 118 cm³/mol. The molecule has 2 amide bonds. The van der Waals surface area contributed by atoms with Crippen molar-refractivity contribution in [3.8, 4) is 0 Å². The van der Waals surface area contributed by atoms with Gasteiger partial charge in [-0.3, -0.25) is 9.59 Å². The summed E-state index contributed by atoms with van der Waals surface area (Å²) in [6.45, 7) is 0. The lowest BCUT2D eigenvalue weighted by atomic mass is 10.1. The predicted octanol–water partition coefficient (Wildman–Crippen LogP) is 4.30. The van der Waals surface area contributed by atoms with E-state index in [9.17, 15) is 14.0 Å². The highest BCUT2D eigenvalue weighted by Gasteiger charge is 2.15. The molecule has 5 nitrogen and oxygen atoms in total. The van der Waals surface area contributed by atoms with Gasteiger partial charge in [-0.05, 0) is 60.2 Å². The molecule has 30 heavy (non-hydrogen) atoms. The summed E-state index contributed by atoms with van der Waals surface area (Å²) in [6.07, 6.45) is 1.60. The van der Waals surface area contributed by atoms with Gasteiger partial charge in [-0.1, -0.05) is 30.3 Å². The van der Waals surface area contributed by atoms with E-state index in [1.807, 2.05) is 43.3 Å². The second-order valence-electron chi connectivity index (χ2n) is 6.83. The van der Waals surface area contributed by atoms with E-state index in [-0.39, 0.29) is 5.70 Å². The SMILES string of the molecule is CN(C)c1ccc(/C=C(\NC(=O)c2ccccc2)C(=O)Nc2ccc(F)cc2)cc1. The Kier molecular flexibility index (Phi) is 6.60. The molecule has 152 valence electrons. The third-order valence-corrected chi connectivity index (χ3v) is 4.35. The van der Waals surface area contributed by atoms with Crippen LogP contribution < -0.4 is 15.5 Å². The molecule has 0 saturated heterocycles. The van der Waals surface area contributed by atoms with Crippen LogP contribution in [0.25, 0.3) is 6.08 Å². The number of hydrogen-bond acceptors (Lipinski definition) is 3. The molecule has 3 aromatic carbocycles. The Morgan fingerprint density at radius 2 is 1.50 bits per heavy atom. The number of carbonyl (C=O) groups is 2. The van der Waals surface area contributed by atoms with Gasteiger partial charge < -0.3 is 15.5 Å². The molecule has 0 unspecified atom stereocenters. The van der Waals surface area contributed by atoms with Crippen LogP contribution in [0.15, 0.2) is 84.6 Å². The average molecular weight is 403 g/mol. The Morgan fingerprint density at radius 3 is 2.10 bits per heavy atom. The third-order valence-electron chi connectivity index (χ3n) is 4.35. The minimum Gasteiger partial charge on any atom is -0.378 e. The molecule has 0 atom stereocenters. The highest BCUT2D eigenvalue weighted by molar-refractivity contribution is 6.10. The van der Waals surface area contributed by atoms with Crippen molar-refractivity contribution in [2.45, 2.75) is 0 Å². The molecule has 0 aromatic heterocycles. The van der Waals surface area contributed by atoms with Crippen molar-refractivity contribution in [3.05, 3.63) is 102 Å². The van der Waals surface area contributed by atoms with Crippen LogP contribution in [0.5, 0.6) is 0 Å². The number of hydrogen-bond donors (Lipinski definition) is 2. The minimum absolute atomic E-state index is 0.0748. The lowest BCUT2D eigenvalue weighted by molar-refractivity contribution is -0.113. The highest BCUT2D eigenvalue weighted by Crippen LogP contribution is 2.16. The summed E-state index contributed by atoms with van der Waals surface area (Å²) in [6, 6.07) is 21.6. The number of carbonyl (C=O) groups excluding carboxylic acids is 2. The Balaban J connectivity index is 1.87. The summed E-state index contributed by atoms with van der Waals surface area (Å²) < 4.78 is 13.1. The second kappa shape index (κ2) is 9.52. The average Bonchev–Trinajstić information content (AvgIpc) is 2.75. The Morgan fingerprint density at radius 1 is 0.867 bits per heavy atom. The van der Waals surface area contributed by atoms with Gasteiger partial charge in [-0.25, -0.2) is 4.39 Å². The molecule has 0 aliphatic rings. The molecular formula is C24H22FN3O2. The quantitative estimate of drug-likeness (QED) is 0.603. The van der Waals surface area contributed by atoms with E-state index in [1.165, 1.54) is 24.3 Å². The van der Waals surface area contributed by atoms with Gasteiger partial charge in [-0.2, -0.15) is 0 Å². The summed E-state index contributed by atoms with van der Waals surface area (Å²) in [4.78, 5) is 27.4. The maximum Gasteiger partial charge on any atom is 0.272 e. The molecule has 0 bridgehead atoms. The first kappa shape index (κ1) is 20.8. The van der Waals surface area contributed by atoms with Gasteiger partial charge >= 0.3 is 0 Å². The van der Waals surface area contributed by atoms with Gasteiger partial charge in [0.15, 0.2) is 0 Å². The molecule has 3 rings (SSSR count). The topological polar surface area (TPSA) is 61.4 Å². The maximum atomic E-state index is 13.1. The van der Waals surface area contributed by atoms with Crippen molar-refractivity contribution in [2.75, 3.05) is 24.3 Å². The Bertz CT molecular complexity index is 1040. The van der Waals surface area contributed by atoms with E-state index in [0.29, 0.717) is 11.3 Å². The number of halogens is 1. The van der Waals surface area contributed by atoms with Crippen molar-refractivity contribution in [1.29, 1.82) is 0 Å². The maximum absolute atomic E-state index is 13.1. The lowest BCUT2D eigenvalue weighted by Gasteiger charge is -2.13. The first-order chi connectivity index (χ1) is 14.4. The second-order valence-corrected chi connectivity index (χ2v) is 6.83. The van der Waals surface area contributed by atoms with E-state index in [4.69, 9.17) is 0 Å². The van der Waals surface area contributed by atoms with E-state index in [1.54, 1.807) is 36.4 Å². The third kappa shape index (κ3) is 5.54. The molecule has 6 heteroatoms. The summed E-state index contributed by atoms with van der Waals surface area (Å²) in [7, 11) is 3.87. The first-order valence-corrected chi connectivity index (χ1v) is 9.35. The first-order valence-electron chi connectivity index (χ1n) is 9.35. The number of benzene rings is 3. The molecule has 0 aliphatic carbocycles. The molecule has 0 heterocycles. The number of nitrogens with zero attached hydrogens (tertiary/aromatic N) is 1. The zero-order valence-corrected chi connectivity index (χ0v) is 16.7. The Hall–Kier alpha value is -3.93. The van der Waals surface area contributed by atoms with Crippen LogP contribution in [-0.4, -0.2) is 25.9 Å². The normalized spacial score (nSPS) is 11.0. The molecule has 0 spiro atoms. The van der Waals surface area contributed by atoms with Crippen molar-refractivity contribution in [1.82, 2.24) is 5.32 Å². The monoisotopic (exact) mass is 403 g/mol. The van der Waals surface area contributed by atoms with Crippen LogP contribution in [0.1, 0.15) is 15.9 Å². The largest absolute Gasteiger partial charge is 0.378 e. The Labute approximate surface area is 174 Å². The lowest BCUT2D eigenvalue weighted by Crippen LogP contribution is -2.30. The van der Waals surface area contributed by atoms with Gasteiger partial charge in [0.05, 0.1) is 0 Å². The molecule has 2 N–H and O–H groups in total. The van der Waals surface area contributed by atoms with E-state index in [2.05, 4.69) is 10.6 Å². The molecule has 0 aliphatic heterocycles. The van der Waals surface area contributed by atoms with Crippen LogP contribution in [0, 0.1) is 5.82 Å². The van der Waals surface area contributed by atoms with Gasteiger partial charge in [-0.15, -0.1) is 0 Å². The number of anilines is 2. The zero-order valence-electron chi connectivity index (χ0n) is 16.7. The van der Waals surface area contributed by atoms with Gasteiger partial charge in [0, 0.05) is 31.0 Å². The minimum atomic E-state index is -0.512. The highest BCUT2D eigenvalue weighted by atomic mass is 19.1. The van der Waals surface area contributed by atoms with E-state index >= 15 is 0 Å². The number of amides is 2. The summed E-state index contributed by atoms with van der Waals surface area (Å²) in [5.74, 6) is -1.31. The fourth-order valence-electron chi connectivity index (χ4n) is 2.71. The van der Waals surface area contributed by atoms with Crippen LogP contribution >= 0.6 is 0 Å². The fourth-order valence-corrected chi connectivity index (χ4v) is 2.71. The molecule has 0 saturated carbocycles. The fraction of sp³-hybridized carbons (Fsp3) is 0.0833. The van der Waals surface area contributed by atoms with Crippen LogP contribution in [0.4, 0.5) is 15.8 Å². The standard InChI is InChI=1S/C24H22FN3O2/c1-28(2)21-14-8-17(9-15-21)16-22(27-23(29)18-6-4-3-5-7-18)24(30)26-20-12-10-19(25)11-13-20/h3-16H,1-2H3,(H,26,30)(H,27,29)/b22-16-. The van der Waals surface area contributed by atoms with Gasteiger partial charge in [0.1, 0.15) is 11.5 Å². The van der Waals surface area contributed by atoms with Crippen LogP contribution in [0.2, 0.25) is 0 Å². The van der Waals surface area contributed by atoms with E-state index in [0.717, 1.165) is 11.3 Å². The van der Waals surface area contributed by atoms with Crippen molar-refractivity contribution < 1.29 is 14.0 Å². The zero-order chi connectivity index (χ0) is 21.5. The summed E-state index contributed by atoms with van der Waals surface area (Å²) >= 11 is 0. The van der Waals surface area contributed by atoms with Gasteiger partial charge in [0.2, 0.25) is 0 Å². The van der Waals surface area contributed by atoms with E-state index < -0.39 is 17.6 Å². The number of nitrogens with one attached hydrogen (secondary N) is 2. The molecule has 0 fully saturated rings. The molecule has 3 aromatic rings. The summed E-state index contributed by atoms with van der Waals surface area (Å²) in [5, 5.41) is 5.36. The van der Waals surface area contributed by atoms with Crippen molar-refractivity contribution in [2.24, 2.45) is 0 Å². The molecule has 0 radical (unpaired) electrons. The smallest absolute Gasteiger partial charge is 0.272 e. The van der Waals surface area contributed by atoms with Crippen LogP contribution in [0.3, 0.4) is 0 Å². The molecular weight excluding hydrogens is 381 g/mol.